The van der Waals surface area contributed by atoms with Gasteiger partial charge in [-0.05, 0) is 54.6 Å². The second kappa shape index (κ2) is 8.50. The van der Waals surface area contributed by atoms with Gasteiger partial charge in [0.15, 0.2) is 9.84 Å². The van der Waals surface area contributed by atoms with Crippen molar-refractivity contribution in [3.8, 4) is 5.75 Å². The van der Waals surface area contributed by atoms with Crippen LogP contribution >= 0.6 is 11.6 Å². The lowest BCUT2D eigenvalue weighted by Crippen LogP contribution is -2.31. The van der Waals surface area contributed by atoms with Crippen LogP contribution in [0.15, 0.2) is 76.2 Å². The molecule has 0 bridgehead atoms. The number of carbonyl (C=O) groups is 1. The highest BCUT2D eigenvalue weighted by Gasteiger charge is 2.32. The molecule has 1 amide bonds. The number of benzene rings is 2. The first-order chi connectivity index (χ1) is 13.4. The summed E-state index contributed by atoms with van der Waals surface area (Å²) in [4.78, 5) is 12.5. The van der Waals surface area contributed by atoms with E-state index in [9.17, 15) is 13.2 Å². The maximum Gasteiger partial charge on any atom is 0.251 e. The zero-order chi connectivity index (χ0) is 20.1. The number of halogens is 1. The molecule has 28 heavy (non-hydrogen) atoms. The fourth-order valence-electron chi connectivity index (χ4n) is 2.68. The highest BCUT2D eigenvalue weighted by molar-refractivity contribution is 7.91. The van der Waals surface area contributed by atoms with Gasteiger partial charge in [-0.15, -0.1) is 0 Å². The van der Waals surface area contributed by atoms with E-state index in [4.69, 9.17) is 20.8 Å². The third kappa shape index (κ3) is 4.37. The number of hydrogen-bond acceptors (Lipinski definition) is 5. The molecule has 1 N–H and O–H groups in total. The Morgan fingerprint density at radius 2 is 1.89 bits per heavy atom. The highest BCUT2D eigenvalue weighted by atomic mass is 35.5. The van der Waals surface area contributed by atoms with E-state index >= 15 is 0 Å². The number of furan rings is 1. The minimum atomic E-state index is -3.83. The molecule has 8 heteroatoms. The van der Waals surface area contributed by atoms with Gasteiger partial charge in [0, 0.05) is 17.1 Å². The molecule has 6 nitrogen and oxygen atoms in total. The smallest absolute Gasteiger partial charge is 0.251 e. The molecule has 3 aromatic rings. The summed E-state index contributed by atoms with van der Waals surface area (Å²) in [6.45, 7) is -0.160. The van der Waals surface area contributed by atoms with E-state index in [1.807, 2.05) is 0 Å². The maximum atomic E-state index is 13.2. The Balaban J connectivity index is 1.86. The molecule has 0 saturated heterocycles. The number of carbonyl (C=O) groups excluding carboxylic acids is 1. The van der Waals surface area contributed by atoms with E-state index in [-0.39, 0.29) is 17.2 Å². The summed E-state index contributed by atoms with van der Waals surface area (Å²) in [5.41, 5.74) is 0.340. The van der Waals surface area contributed by atoms with E-state index in [1.54, 1.807) is 42.5 Å². The second-order valence-electron chi connectivity index (χ2n) is 5.94. The minimum absolute atomic E-state index is 0.103. The van der Waals surface area contributed by atoms with Crippen molar-refractivity contribution in [3.63, 3.8) is 0 Å². The average Bonchev–Trinajstić information content (AvgIpc) is 3.22. The Labute approximate surface area is 168 Å². The predicted octanol–water partition coefficient (Wildman–Crippen LogP) is 3.89. The molecule has 0 spiro atoms. The number of sulfone groups is 1. The normalized spacial score (nSPS) is 12.4. The van der Waals surface area contributed by atoms with E-state index in [0.717, 1.165) is 0 Å². The molecule has 1 heterocycles. The van der Waals surface area contributed by atoms with Crippen LogP contribution in [-0.2, 0) is 9.84 Å². The fourth-order valence-corrected chi connectivity index (χ4v) is 4.46. The van der Waals surface area contributed by atoms with Crippen molar-refractivity contribution in [1.82, 2.24) is 5.32 Å². The Bertz CT molecular complexity index is 1050. The first-order valence-electron chi connectivity index (χ1n) is 8.37. The number of ether oxygens (including phenoxy) is 1. The summed E-state index contributed by atoms with van der Waals surface area (Å²) in [7, 11) is -2.32. The van der Waals surface area contributed by atoms with Crippen molar-refractivity contribution < 1.29 is 22.4 Å². The lowest BCUT2D eigenvalue weighted by molar-refractivity contribution is 0.0953. The number of nitrogens with one attached hydrogen (secondary N) is 1. The number of amides is 1. The van der Waals surface area contributed by atoms with Gasteiger partial charge in [-0.2, -0.15) is 0 Å². The molecule has 0 radical (unpaired) electrons. The second-order valence-corrected chi connectivity index (χ2v) is 8.51. The standard InChI is InChI=1S/C20H18ClNO5S/c1-26-16-7-9-17(10-8-16)28(24,25)19(18-6-3-11-27-18)13-22-20(23)14-4-2-5-15(21)12-14/h2-12,19H,13H2,1H3,(H,22,23)/t19-/m1/s1. The van der Waals surface area contributed by atoms with Crippen molar-refractivity contribution in [2.24, 2.45) is 0 Å². The number of rotatable bonds is 7. The Kier molecular flexibility index (Phi) is 6.06. The molecule has 146 valence electrons. The number of hydrogen-bond donors (Lipinski definition) is 1. The maximum absolute atomic E-state index is 13.2. The van der Waals surface area contributed by atoms with Crippen LogP contribution in [0.2, 0.25) is 5.02 Å². The van der Waals surface area contributed by atoms with Gasteiger partial charge in [0.2, 0.25) is 0 Å². The van der Waals surface area contributed by atoms with Crippen LogP contribution in [0, 0.1) is 0 Å². The first-order valence-corrected chi connectivity index (χ1v) is 10.3. The van der Waals surface area contributed by atoms with Crippen LogP contribution in [0.25, 0.3) is 0 Å². The third-order valence-corrected chi connectivity index (χ3v) is 6.47. The topological polar surface area (TPSA) is 85.6 Å². The summed E-state index contributed by atoms with van der Waals surface area (Å²) < 4.78 is 36.7. The molecule has 0 aliphatic carbocycles. The van der Waals surface area contributed by atoms with E-state index < -0.39 is 21.0 Å². The molecule has 3 rings (SSSR count). The predicted molar refractivity (Wildman–Crippen MR) is 105 cm³/mol. The van der Waals surface area contributed by atoms with Gasteiger partial charge in [-0.25, -0.2) is 8.42 Å². The Hall–Kier alpha value is -2.77. The lowest BCUT2D eigenvalue weighted by Gasteiger charge is -2.17. The first kappa shape index (κ1) is 20.0. The minimum Gasteiger partial charge on any atom is -0.497 e. The summed E-state index contributed by atoms with van der Waals surface area (Å²) in [6, 6.07) is 15.6. The summed E-state index contributed by atoms with van der Waals surface area (Å²) in [6.07, 6.45) is 1.39. The molecule has 2 aromatic carbocycles. The Morgan fingerprint density at radius 1 is 1.14 bits per heavy atom. The van der Waals surface area contributed by atoms with E-state index in [2.05, 4.69) is 5.32 Å². The van der Waals surface area contributed by atoms with Crippen LogP contribution in [0.1, 0.15) is 21.4 Å². The summed E-state index contributed by atoms with van der Waals surface area (Å²) >= 11 is 5.91. The molecule has 0 fully saturated rings. The van der Waals surface area contributed by atoms with Crippen molar-refractivity contribution in [1.29, 1.82) is 0 Å². The highest BCUT2D eigenvalue weighted by Crippen LogP contribution is 2.30. The quantitative estimate of drug-likeness (QED) is 0.628. The summed E-state index contributed by atoms with van der Waals surface area (Å²) in [5, 5.41) is 1.98. The van der Waals surface area contributed by atoms with Crippen molar-refractivity contribution in [2.75, 3.05) is 13.7 Å². The van der Waals surface area contributed by atoms with Crippen LogP contribution in [-0.4, -0.2) is 28.0 Å². The average molecular weight is 420 g/mol. The van der Waals surface area contributed by atoms with Crippen molar-refractivity contribution in [3.05, 3.63) is 83.3 Å². The van der Waals surface area contributed by atoms with Crippen LogP contribution in [0.3, 0.4) is 0 Å². The zero-order valence-corrected chi connectivity index (χ0v) is 16.5. The van der Waals surface area contributed by atoms with Gasteiger partial charge in [0.05, 0.1) is 18.3 Å². The molecule has 1 atom stereocenters. The molecule has 0 aliphatic heterocycles. The van der Waals surface area contributed by atoms with Crippen LogP contribution < -0.4 is 10.1 Å². The SMILES string of the molecule is COc1ccc(S(=O)(=O)[C@H](CNC(=O)c2cccc(Cl)c2)c2ccco2)cc1. The van der Waals surface area contributed by atoms with Gasteiger partial charge >= 0.3 is 0 Å². The molecular formula is C20H18ClNO5S. The molecule has 0 unspecified atom stereocenters. The largest absolute Gasteiger partial charge is 0.497 e. The van der Waals surface area contributed by atoms with Gasteiger partial charge in [-0.3, -0.25) is 4.79 Å². The van der Waals surface area contributed by atoms with Crippen LogP contribution in [0.5, 0.6) is 5.75 Å². The van der Waals surface area contributed by atoms with Gasteiger partial charge in [0.25, 0.3) is 5.91 Å². The van der Waals surface area contributed by atoms with Crippen molar-refractivity contribution in [2.45, 2.75) is 10.1 Å². The molecular weight excluding hydrogens is 402 g/mol. The third-order valence-electron chi connectivity index (χ3n) is 4.16. The van der Waals surface area contributed by atoms with Crippen LogP contribution in [0.4, 0.5) is 0 Å². The molecule has 0 saturated carbocycles. The monoisotopic (exact) mass is 419 g/mol. The fraction of sp³-hybridized carbons (Fsp3) is 0.150. The molecule has 0 aliphatic rings. The number of methoxy groups -OCH3 is 1. The van der Waals surface area contributed by atoms with E-state index in [1.165, 1.54) is 31.6 Å². The zero-order valence-electron chi connectivity index (χ0n) is 15.0. The van der Waals surface area contributed by atoms with Crippen molar-refractivity contribution >= 4 is 27.3 Å². The van der Waals surface area contributed by atoms with Gasteiger partial charge in [-0.1, -0.05) is 17.7 Å². The van der Waals surface area contributed by atoms with Gasteiger partial charge < -0.3 is 14.5 Å². The molecule has 1 aromatic heterocycles. The summed E-state index contributed by atoms with van der Waals surface area (Å²) in [5.74, 6) is 0.356. The lowest BCUT2D eigenvalue weighted by atomic mass is 10.2. The van der Waals surface area contributed by atoms with Gasteiger partial charge in [0.1, 0.15) is 16.8 Å². The van der Waals surface area contributed by atoms with E-state index in [0.29, 0.717) is 16.3 Å². The Morgan fingerprint density at radius 3 is 2.50 bits per heavy atom.